The van der Waals surface area contributed by atoms with Crippen molar-refractivity contribution in [3.63, 3.8) is 0 Å². The highest BCUT2D eigenvalue weighted by Gasteiger charge is 2.50. The maximum Gasteiger partial charge on any atom is 0.433 e. The Labute approximate surface area is 217 Å². The van der Waals surface area contributed by atoms with Gasteiger partial charge in [-0.3, -0.25) is 4.57 Å². The lowest BCUT2D eigenvalue weighted by atomic mass is 9.92. The minimum absolute atomic E-state index is 0.0257. The first-order valence-corrected chi connectivity index (χ1v) is 13.7. The first-order valence-electron chi connectivity index (χ1n) is 11.7. The third-order valence-corrected chi connectivity index (χ3v) is 9.55. The van der Waals surface area contributed by atoms with Crippen molar-refractivity contribution in [3.8, 4) is 0 Å². The van der Waals surface area contributed by atoms with Gasteiger partial charge in [-0.1, -0.05) is 26.1 Å². The summed E-state index contributed by atoms with van der Waals surface area (Å²) in [6.45, 7) is 7.24. The third-order valence-electron chi connectivity index (χ3n) is 6.99. The molecule has 5 N–H and O–H groups in total. The molecule has 2 aromatic heterocycles. The van der Waals surface area contributed by atoms with Crippen molar-refractivity contribution in [3.05, 3.63) is 33.6 Å². The number of hydrogen-bond donors (Lipinski definition) is 5. The van der Waals surface area contributed by atoms with Gasteiger partial charge in [0.25, 0.3) is 0 Å². The predicted octanol–water partition coefficient (Wildman–Crippen LogP) is 4.66. The van der Waals surface area contributed by atoms with Crippen LogP contribution in [-0.2, 0) is 20.0 Å². The van der Waals surface area contributed by atoms with Gasteiger partial charge in [-0.2, -0.15) is 13.2 Å². The fourth-order valence-electron chi connectivity index (χ4n) is 4.20. The van der Waals surface area contributed by atoms with E-state index in [0.29, 0.717) is 5.39 Å². The molecule has 7 atom stereocenters. The Kier molecular flexibility index (Phi) is 8.36. The number of rotatable bonds is 8. The zero-order valence-corrected chi connectivity index (χ0v) is 22.7. The molecule has 208 valence electrons. The van der Waals surface area contributed by atoms with Crippen molar-refractivity contribution < 1.29 is 47.2 Å². The number of fused-ring (bicyclic) bond motifs is 1. The highest BCUT2D eigenvalue weighted by Crippen LogP contribution is 2.59. The van der Waals surface area contributed by atoms with Crippen LogP contribution in [0.4, 0.5) is 13.2 Å². The van der Waals surface area contributed by atoms with E-state index in [1.165, 1.54) is 39.8 Å². The summed E-state index contributed by atoms with van der Waals surface area (Å²) < 4.78 is 63.9. The van der Waals surface area contributed by atoms with E-state index in [1.54, 1.807) is 6.92 Å². The molecule has 2 aromatic rings. The molecular formula is C23H32F3N2O7PS. The van der Waals surface area contributed by atoms with Gasteiger partial charge in [-0.15, -0.1) is 0 Å². The van der Waals surface area contributed by atoms with E-state index in [9.17, 15) is 37.9 Å². The molecule has 3 rings (SSSR count). The van der Waals surface area contributed by atoms with Crippen LogP contribution in [0.1, 0.15) is 69.9 Å². The Bertz CT molecular complexity index is 1270. The Hall–Kier alpha value is -1.44. The van der Waals surface area contributed by atoms with Gasteiger partial charge in [0, 0.05) is 17.4 Å². The monoisotopic (exact) mass is 568 g/mol. The lowest BCUT2D eigenvalue weighted by Crippen LogP contribution is -2.40. The van der Waals surface area contributed by atoms with Gasteiger partial charge in [0.05, 0.1) is 11.7 Å². The van der Waals surface area contributed by atoms with Crippen molar-refractivity contribution >= 4 is 30.8 Å². The SMILES string of the molecule is CCC(C)(C[C@H]1O[C@@H](c2cc3cc(C)c(C(F)(F)F)nc3[nH]c2=S)[C@@H](O)C1O)OP(=O)(O)C(C)(O)CC. The Morgan fingerprint density at radius 2 is 1.81 bits per heavy atom. The molecule has 0 aromatic carbocycles. The molecule has 3 heterocycles. The number of nitrogens with zero attached hydrogens (tertiary/aromatic N) is 1. The number of nitrogens with one attached hydrogen (secondary N) is 1. The molecular weight excluding hydrogens is 536 g/mol. The van der Waals surface area contributed by atoms with Crippen molar-refractivity contribution in [1.29, 1.82) is 0 Å². The summed E-state index contributed by atoms with van der Waals surface area (Å²) in [6, 6.07) is 2.74. The lowest BCUT2D eigenvalue weighted by molar-refractivity contribution is -0.141. The smallest absolute Gasteiger partial charge is 0.388 e. The topological polar surface area (TPSA) is 145 Å². The largest absolute Gasteiger partial charge is 0.433 e. The van der Waals surface area contributed by atoms with E-state index in [2.05, 4.69) is 9.97 Å². The standard InChI is InChI=1S/C23H32F3N2O7PS/c1-6-21(4,35-36(32,33)22(5,31)7-2)10-14-15(29)16(30)17(34-14)13-9-12-8-11(3)18(23(24,25)26)27-19(12)28-20(13)37/h8-9,14-17,29-31H,6-7,10H2,1-5H3,(H,32,33)(H,27,28,37)/t14-,15?,16+,17+,21?,22?/m1/s1. The number of aromatic amines is 1. The van der Waals surface area contributed by atoms with E-state index in [0.717, 1.165) is 0 Å². The predicted molar refractivity (Wildman–Crippen MR) is 131 cm³/mol. The van der Waals surface area contributed by atoms with E-state index >= 15 is 0 Å². The van der Waals surface area contributed by atoms with Gasteiger partial charge < -0.3 is 34.5 Å². The van der Waals surface area contributed by atoms with Crippen LogP contribution in [0, 0.1) is 11.6 Å². The Balaban J connectivity index is 1.91. The number of pyridine rings is 2. The van der Waals surface area contributed by atoms with E-state index in [1.807, 2.05) is 0 Å². The maximum atomic E-state index is 13.3. The van der Waals surface area contributed by atoms with Gasteiger partial charge in [0.1, 0.15) is 34.3 Å². The second-order valence-corrected chi connectivity index (χ2v) is 12.5. The molecule has 1 saturated heterocycles. The number of halogens is 3. The summed E-state index contributed by atoms with van der Waals surface area (Å²) in [5.41, 5.74) is -2.32. The molecule has 1 aliphatic rings. The van der Waals surface area contributed by atoms with Gasteiger partial charge in [-0.25, -0.2) is 4.98 Å². The number of aliphatic hydroxyl groups is 3. The minimum Gasteiger partial charge on any atom is -0.388 e. The van der Waals surface area contributed by atoms with Crippen LogP contribution in [0.5, 0.6) is 0 Å². The average Bonchev–Trinajstić information content (AvgIpc) is 3.05. The number of aliphatic hydroxyl groups excluding tert-OH is 2. The minimum atomic E-state index is -4.65. The van der Waals surface area contributed by atoms with E-state index in [-0.39, 0.29) is 40.7 Å². The molecule has 0 spiro atoms. The van der Waals surface area contributed by atoms with Gasteiger partial charge in [0.15, 0.2) is 5.34 Å². The van der Waals surface area contributed by atoms with Crippen molar-refractivity contribution in [1.82, 2.24) is 9.97 Å². The summed E-state index contributed by atoms with van der Waals surface area (Å²) >= 11 is 5.30. The second kappa shape index (κ2) is 10.3. The molecule has 0 saturated carbocycles. The zero-order chi connectivity index (χ0) is 28.1. The van der Waals surface area contributed by atoms with Crippen molar-refractivity contribution in [2.45, 2.75) is 95.4 Å². The van der Waals surface area contributed by atoms with Crippen LogP contribution in [0.2, 0.25) is 0 Å². The molecule has 4 unspecified atom stereocenters. The molecule has 9 nitrogen and oxygen atoms in total. The first-order chi connectivity index (χ1) is 16.9. The Morgan fingerprint density at radius 3 is 2.35 bits per heavy atom. The first kappa shape index (κ1) is 30.1. The summed E-state index contributed by atoms with van der Waals surface area (Å²) in [7, 11) is -4.51. The molecule has 14 heteroatoms. The normalized spacial score (nSPS) is 27.6. The van der Waals surface area contributed by atoms with Crippen LogP contribution in [0.3, 0.4) is 0 Å². The number of hydrogen-bond acceptors (Lipinski definition) is 8. The second-order valence-electron chi connectivity index (χ2n) is 9.91. The fourth-order valence-corrected chi connectivity index (χ4v) is 5.87. The number of aryl methyl sites for hydroxylation is 1. The van der Waals surface area contributed by atoms with E-state index < -0.39 is 54.8 Å². The highest BCUT2D eigenvalue weighted by molar-refractivity contribution is 7.71. The maximum absolute atomic E-state index is 13.3. The van der Waals surface area contributed by atoms with E-state index in [4.69, 9.17) is 21.5 Å². The van der Waals surface area contributed by atoms with Crippen molar-refractivity contribution in [2.24, 2.45) is 0 Å². The van der Waals surface area contributed by atoms with Crippen LogP contribution in [0.25, 0.3) is 11.0 Å². The van der Waals surface area contributed by atoms with Crippen LogP contribution < -0.4 is 0 Å². The molecule has 37 heavy (non-hydrogen) atoms. The number of ether oxygens (including phenoxy) is 1. The summed E-state index contributed by atoms with van der Waals surface area (Å²) in [4.78, 5) is 16.7. The molecule has 0 bridgehead atoms. The number of aromatic nitrogens is 2. The van der Waals surface area contributed by atoms with Gasteiger partial charge in [0.2, 0.25) is 0 Å². The lowest BCUT2D eigenvalue weighted by Gasteiger charge is -2.37. The molecule has 0 aliphatic carbocycles. The quantitative estimate of drug-likeness (QED) is 0.227. The number of H-pyrrole nitrogens is 1. The van der Waals surface area contributed by atoms with Crippen LogP contribution in [0.15, 0.2) is 12.1 Å². The third kappa shape index (κ3) is 5.94. The van der Waals surface area contributed by atoms with Crippen LogP contribution in [-0.4, -0.2) is 59.4 Å². The molecule has 1 fully saturated rings. The zero-order valence-electron chi connectivity index (χ0n) is 21.0. The van der Waals surface area contributed by atoms with Crippen LogP contribution >= 0.6 is 19.8 Å². The summed E-state index contributed by atoms with van der Waals surface area (Å²) in [5, 5.41) is 30.1. The molecule has 0 amide bonds. The molecule has 0 radical (unpaired) electrons. The molecule has 1 aliphatic heterocycles. The Morgan fingerprint density at radius 1 is 1.19 bits per heavy atom. The van der Waals surface area contributed by atoms with Gasteiger partial charge >= 0.3 is 13.8 Å². The fraction of sp³-hybridized carbons (Fsp3) is 0.652. The summed E-state index contributed by atoms with van der Waals surface area (Å²) in [6.07, 6.45) is -9.65. The van der Waals surface area contributed by atoms with Gasteiger partial charge in [-0.05, 0) is 51.3 Å². The van der Waals surface area contributed by atoms with Crippen molar-refractivity contribution in [2.75, 3.05) is 0 Å². The average molecular weight is 569 g/mol. The number of alkyl halides is 3. The highest BCUT2D eigenvalue weighted by atomic mass is 32.1. The summed E-state index contributed by atoms with van der Waals surface area (Å²) in [5.74, 6) is 0.